The molecule has 0 bridgehead atoms. The van der Waals surface area contributed by atoms with E-state index in [1.165, 1.54) is 18.4 Å². The minimum atomic E-state index is -0.581. The summed E-state index contributed by atoms with van der Waals surface area (Å²) in [5.41, 5.74) is 3.70. The van der Waals surface area contributed by atoms with Crippen molar-refractivity contribution in [1.29, 1.82) is 0 Å². The molecule has 0 aliphatic carbocycles. The van der Waals surface area contributed by atoms with E-state index in [4.69, 9.17) is 4.74 Å². The Balaban J connectivity index is 1.85. The average molecular weight is 462 g/mol. The van der Waals surface area contributed by atoms with Gasteiger partial charge in [0.1, 0.15) is 0 Å². The molecule has 0 N–H and O–H groups in total. The SMILES string of the molecule is CCN(CC)c1ccc(/C=c2/sc3n(c2=O)[C@H](c2ccccc2)C(C(=O)OC)=C(C)N=3)cc1. The molecular weight excluding hydrogens is 434 g/mol. The van der Waals surface area contributed by atoms with Gasteiger partial charge in [0, 0.05) is 18.8 Å². The minimum absolute atomic E-state index is 0.172. The van der Waals surface area contributed by atoms with E-state index < -0.39 is 12.0 Å². The molecule has 1 aliphatic heterocycles. The maximum absolute atomic E-state index is 13.5. The molecule has 0 radical (unpaired) electrons. The lowest BCUT2D eigenvalue weighted by molar-refractivity contribution is -0.136. The highest BCUT2D eigenvalue weighted by molar-refractivity contribution is 7.07. The first-order valence-electron chi connectivity index (χ1n) is 11.0. The van der Waals surface area contributed by atoms with Crippen molar-refractivity contribution in [2.45, 2.75) is 26.8 Å². The van der Waals surface area contributed by atoms with Gasteiger partial charge in [0.15, 0.2) is 4.80 Å². The lowest BCUT2D eigenvalue weighted by Gasteiger charge is -2.24. The number of anilines is 1. The summed E-state index contributed by atoms with van der Waals surface area (Å²) in [7, 11) is 1.34. The lowest BCUT2D eigenvalue weighted by atomic mass is 9.96. The quantitative estimate of drug-likeness (QED) is 0.529. The van der Waals surface area contributed by atoms with Crippen molar-refractivity contribution in [3.63, 3.8) is 0 Å². The zero-order valence-corrected chi connectivity index (χ0v) is 20.1. The summed E-state index contributed by atoms with van der Waals surface area (Å²) in [4.78, 5) is 33.6. The first-order chi connectivity index (χ1) is 16.0. The number of thiazole rings is 1. The summed E-state index contributed by atoms with van der Waals surface area (Å²) in [6, 6.07) is 17.1. The fraction of sp³-hybridized carbons (Fsp3) is 0.269. The molecule has 170 valence electrons. The van der Waals surface area contributed by atoms with Gasteiger partial charge in [0.25, 0.3) is 5.56 Å². The van der Waals surface area contributed by atoms with Crippen molar-refractivity contribution < 1.29 is 9.53 Å². The Morgan fingerprint density at radius 3 is 2.39 bits per heavy atom. The molecule has 0 amide bonds. The maximum Gasteiger partial charge on any atom is 0.338 e. The van der Waals surface area contributed by atoms with Crippen molar-refractivity contribution >= 4 is 29.1 Å². The number of nitrogens with zero attached hydrogens (tertiary/aromatic N) is 3. The Hall–Kier alpha value is -3.45. The van der Waals surface area contributed by atoms with E-state index in [0.29, 0.717) is 20.6 Å². The van der Waals surface area contributed by atoms with Gasteiger partial charge in [0.05, 0.1) is 29.0 Å². The molecule has 6 nitrogen and oxygen atoms in total. The number of carbonyl (C=O) groups is 1. The molecule has 4 rings (SSSR count). The van der Waals surface area contributed by atoms with Gasteiger partial charge >= 0.3 is 5.97 Å². The van der Waals surface area contributed by atoms with Crippen LogP contribution in [0.1, 0.15) is 37.9 Å². The van der Waals surface area contributed by atoms with Gasteiger partial charge in [-0.3, -0.25) is 9.36 Å². The molecule has 0 saturated carbocycles. The summed E-state index contributed by atoms with van der Waals surface area (Å²) in [5, 5.41) is 0. The maximum atomic E-state index is 13.5. The first-order valence-corrected chi connectivity index (χ1v) is 11.8. The van der Waals surface area contributed by atoms with Gasteiger partial charge in [-0.25, -0.2) is 9.79 Å². The number of aromatic nitrogens is 1. The van der Waals surface area contributed by atoms with Gasteiger partial charge < -0.3 is 9.64 Å². The van der Waals surface area contributed by atoms with E-state index in [1.807, 2.05) is 48.5 Å². The van der Waals surface area contributed by atoms with Gasteiger partial charge in [-0.1, -0.05) is 53.8 Å². The molecule has 0 fully saturated rings. The second-order valence-electron chi connectivity index (χ2n) is 7.75. The summed E-state index contributed by atoms with van der Waals surface area (Å²) in [6.07, 6.45) is 1.88. The Morgan fingerprint density at radius 1 is 1.12 bits per heavy atom. The fourth-order valence-electron chi connectivity index (χ4n) is 4.16. The highest BCUT2D eigenvalue weighted by Gasteiger charge is 2.32. The first kappa shape index (κ1) is 22.7. The highest BCUT2D eigenvalue weighted by atomic mass is 32.1. The standard InChI is InChI=1S/C26H27N3O3S/c1-5-28(6-2)20-14-12-18(13-15-20)16-21-24(30)29-23(19-10-8-7-9-11-19)22(25(31)32-4)17(3)27-26(29)33-21/h7-16,23H,5-6H2,1-4H3/b21-16+/t23-/m1/s1. The Bertz CT molecular complexity index is 1360. The number of allylic oxidation sites excluding steroid dienone is 1. The molecule has 1 atom stereocenters. The van der Waals surface area contributed by atoms with Crippen molar-refractivity contribution in [3.05, 3.63) is 96.7 Å². The Labute approximate surface area is 196 Å². The third-order valence-corrected chi connectivity index (χ3v) is 6.84. The summed E-state index contributed by atoms with van der Waals surface area (Å²) in [5.74, 6) is -0.480. The van der Waals surface area contributed by atoms with Crippen molar-refractivity contribution in [2.75, 3.05) is 25.1 Å². The number of methoxy groups -OCH3 is 1. The molecule has 1 aliphatic rings. The fourth-order valence-corrected chi connectivity index (χ4v) is 5.21. The molecule has 1 aromatic heterocycles. The molecule has 33 heavy (non-hydrogen) atoms. The molecular formula is C26H27N3O3S. The van der Waals surface area contributed by atoms with Crippen LogP contribution in [-0.4, -0.2) is 30.7 Å². The number of ether oxygens (including phenoxy) is 1. The molecule has 3 aromatic rings. The molecule has 0 unspecified atom stereocenters. The van der Waals surface area contributed by atoms with E-state index in [9.17, 15) is 9.59 Å². The van der Waals surface area contributed by atoms with E-state index in [2.05, 4.69) is 35.9 Å². The van der Waals surface area contributed by atoms with Gasteiger partial charge in [-0.15, -0.1) is 0 Å². The molecule has 0 spiro atoms. The van der Waals surface area contributed by atoms with Crippen LogP contribution in [0.2, 0.25) is 0 Å². The molecule has 2 heterocycles. The van der Waals surface area contributed by atoms with E-state index in [1.54, 1.807) is 11.5 Å². The molecule has 7 heteroatoms. The smallest absolute Gasteiger partial charge is 0.338 e. The Kier molecular flexibility index (Phi) is 6.60. The molecule has 2 aromatic carbocycles. The zero-order valence-electron chi connectivity index (χ0n) is 19.2. The topological polar surface area (TPSA) is 63.9 Å². The number of rotatable bonds is 6. The van der Waals surface area contributed by atoms with E-state index in [0.717, 1.165) is 29.9 Å². The van der Waals surface area contributed by atoms with Crippen LogP contribution in [0.5, 0.6) is 0 Å². The van der Waals surface area contributed by atoms with Crippen LogP contribution in [0, 0.1) is 0 Å². The zero-order chi connectivity index (χ0) is 23.5. The van der Waals surface area contributed by atoms with Crippen LogP contribution in [0.3, 0.4) is 0 Å². The van der Waals surface area contributed by atoms with Crippen LogP contribution in [-0.2, 0) is 9.53 Å². The number of esters is 1. The van der Waals surface area contributed by atoms with E-state index >= 15 is 0 Å². The van der Waals surface area contributed by atoms with Crippen LogP contribution >= 0.6 is 11.3 Å². The third-order valence-electron chi connectivity index (χ3n) is 5.86. The number of benzene rings is 2. The van der Waals surface area contributed by atoms with Crippen LogP contribution in [0.25, 0.3) is 6.08 Å². The highest BCUT2D eigenvalue weighted by Crippen LogP contribution is 2.30. The summed E-state index contributed by atoms with van der Waals surface area (Å²) in [6.45, 7) is 7.93. The minimum Gasteiger partial charge on any atom is -0.466 e. The molecule has 0 saturated heterocycles. The summed E-state index contributed by atoms with van der Waals surface area (Å²) < 4.78 is 7.22. The second-order valence-corrected chi connectivity index (χ2v) is 8.76. The van der Waals surface area contributed by atoms with Gasteiger partial charge in [-0.05, 0) is 50.1 Å². The van der Waals surface area contributed by atoms with Crippen LogP contribution in [0.4, 0.5) is 5.69 Å². The van der Waals surface area contributed by atoms with Crippen molar-refractivity contribution in [3.8, 4) is 0 Å². The number of hydrogen-bond donors (Lipinski definition) is 0. The average Bonchev–Trinajstić information content (AvgIpc) is 3.14. The van der Waals surface area contributed by atoms with Crippen molar-refractivity contribution in [1.82, 2.24) is 4.57 Å². The van der Waals surface area contributed by atoms with E-state index in [-0.39, 0.29) is 5.56 Å². The monoisotopic (exact) mass is 461 g/mol. The Morgan fingerprint density at radius 2 is 1.79 bits per heavy atom. The number of hydrogen-bond acceptors (Lipinski definition) is 6. The van der Waals surface area contributed by atoms with Gasteiger partial charge in [-0.2, -0.15) is 0 Å². The lowest BCUT2D eigenvalue weighted by Crippen LogP contribution is -2.39. The normalized spacial score (nSPS) is 15.8. The number of fused-ring (bicyclic) bond motifs is 1. The predicted octanol–water partition coefficient (Wildman–Crippen LogP) is 3.25. The number of carbonyl (C=O) groups excluding carboxylic acids is 1. The second kappa shape index (κ2) is 9.58. The largest absolute Gasteiger partial charge is 0.466 e. The third kappa shape index (κ3) is 4.28. The van der Waals surface area contributed by atoms with Crippen LogP contribution < -0.4 is 19.8 Å². The van der Waals surface area contributed by atoms with Crippen LogP contribution in [0.15, 0.2) is 75.7 Å². The van der Waals surface area contributed by atoms with Crippen molar-refractivity contribution in [2.24, 2.45) is 4.99 Å². The predicted molar refractivity (Wildman–Crippen MR) is 132 cm³/mol. The van der Waals surface area contributed by atoms with Gasteiger partial charge in [0.2, 0.25) is 0 Å². The summed E-state index contributed by atoms with van der Waals surface area (Å²) >= 11 is 1.33.